The normalized spacial score (nSPS) is 17.0. The van der Waals surface area contributed by atoms with E-state index in [4.69, 9.17) is 4.52 Å². The van der Waals surface area contributed by atoms with Crippen molar-refractivity contribution in [1.29, 1.82) is 0 Å². The highest BCUT2D eigenvalue weighted by atomic mass is 32.2. The second kappa shape index (κ2) is 6.10. The SMILES string of the molecule is CCc1nc(-c2cc(S(=O)(=O)N3CCCCC3)c(C)s2)no1. The van der Waals surface area contributed by atoms with Gasteiger partial charge >= 0.3 is 0 Å². The molecule has 0 radical (unpaired) electrons. The third kappa shape index (κ3) is 2.82. The van der Waals surface area contributed by atoms with E-state index in [2.05, 4.69) is 10.1 Å². The van der Waals surface area contributed by atoms with Gasteiger partial charge in [-0.05, 0) is 25.8 Å². The fourth-order valence-corrected chi connectivity index (χ4v) is 5.58. The molecule has 2 aromatic heterocycles. The number of hydrogen-bond donors (Lipinski definition) is 0. The number of thiophene rings is 1. The van der Waals surface area contributed by atoms with Gasteiger partial charge < -0.3 is 4.52 Å². The summed E-state index contributed by atoms with van der Waals surface area (Å²) in [6.07, 6.45) is 3.62. The molecule has 2 aromatic rings. The van der Waals surface area contributed by atoms with Crippen LogP contribution in [0.1, 0.15) is 37.0 Å². The maximum atomic E-state index is 12.8. The predicted octanol–water partition coefficient (Wildman–Crippen LogP) is 2.84. The molecule has 0 spiro atoms. The molecule has 120 valence electrons. The molecule has 0 unspecified atom stereocenters. The Hall–Kier alpha value is -1.25. The van der Waals surface area contributed by atoms with Gasteiger partial charge in [0.05, 0.1) is 9.77 Å². The van der Waals surface area contributed by atoms with Gasteiger partial charge in [0.2, 0.25) is 21.7 Å². The van der Waals surface area contributed by atoms with Crippen molar-refractivity contribution in [3.63, 3.8) is 0 Å². The molecule has 1 aliphatic rings. The van der Waals surface area contributed by atoms with Gasteiger partial charge in [-0.2, -0.15) is 9.29 Å². The lowest BCUT2D eigenvalue weighted by molar-refractivity contribution is 0.346. The summed E-state index contributed by atoms with van der Waals surface area (Å²) in [4.78, 5) is 6.14. The third-order valence-electron chi connectivity index (χ3n) is 3.80. The van der Waals surface area contributed by atoms with Gasteiger partial charge in [-0.25, -0.2) is 8.42 Å². The van der Waals surface area contributed by atoms with Crippen molar-refractivity contribution < 1.29 is 12.9 Å². The molecular weight excluding hydrogens is 322 g/mol. The van der Waals surface area contributed by atoms with Gasteiger partial charge in [-0.1, -0.05) is 18.5 Å². The molecule has 3 rings (SSSR count). The Labute approximate surface area is 134 Å². The summed E-state index contributed by atoms with van der Waals surface area (Å²) in [6.45, 7) is 4.97. The van der Waals surface area contributed by atoms with Crippen molar-refractivity contribution in [1.82, 2.24) is 14.4 Å². The Morgan fingerprint density at radius 3 is 2.68 bits per heavy atom. The number of aromatic nitrogens is 2. The molecule has 1 aliphatic heterocycles. The topological polar surface area (TPSA) is 76.3 Å². The fourth-order valence-electron chi connectivity index (χ4n) is 2.57. The molecule has 1 fully saturated rings. The molecule has 22 heavy (non-hydrogen) atoms. The number of rotatable bonds is 4. The van der Waals surface area contributed by atoms with Crippen LogP contribution in [-0.4, -0.2) is 36.0 Å². The number of nitrogens with zero attached hydrogens (tertiary/aromatic N) is 3. The van der Waals surface area contributed by atoms with E-state index < -0.39 is 10.0 Å². The highest BCUT2D eigenvalue weighted by Crippen LogP contribution is 2.34. The van der Waals surface area contributed by atoms with Crippen molar-refractivity contribution in [3.8, 4) is 10.7 Å². The maximum Gasteiger partial charge on any atom is 0.244 e. The zero-order valence-electron chi connectivity index (χ0n) is 12.7. The zero-order valence-corrected chi connectivity index (χ0v) is 14.3. The van der Waals surface area contributed by atoms with E-state index in [0.29, 0.717) is 36.1 Å². The average Bonchev–Trinajstić information content (AvgIpc) is 3.14. The van der Waals surface area contributed by atoms with E-state index in [-0.39, 0.29) is 0 Å². The van der Waals surface area contributed by atoms with Crippen LogP contribution in [0.2, 0.25) is 0 Å². The molecule has 8 heteroatoms. The summed E-state index contributed by atoms with van der Waals surface area (Å²) in [5.41, 5.74) is 0. The van der Waals surface area contributed by atoms with Crippen molar-refractivity contribution in [2.24, 2.45) is 0 Å². The van der Waals surface area contributed by atoms with Crippen LogP contribution in [0.15, 0.2) is 15.5 Å². The highest BCUT2D eigenvalue weighted by molar-refractivity contribution is 7.89. The lowest BCUT2D eigenvalue weighted by atomic mass is 10.2. The highest BCUT2D eigenvalue weighted by Gasteiger charge is 2.29. The van der Waals surface area contributed by atoms with E-state index in [9.17, 15) is 8.42 Å². The van der Waals surface area contributed by atoms with Gasteiger partial charge in [0.15, 0.2) is 0 Å². The Bertz CT molecular complexity index is 758. The Kier molecular flexibility index (Phi) is 4.33. The number of aryl methyl sites for hydroxylation is 2. The minimum absolute atomic E-state index is 0.372. The van der Waals surface area contributed by atoms with Crippen LogP contribution >= 0.6 is 11.3 Å². The van der Waals surface area contributed by atoms with Crippen molar-refractivity contribution in [2.75, 3.05) is 13.1 Å². The van der Waals surface area contributed by atoms with E-state index in [1.54, 1.807) is 10.4 Å². The Balaban J connectivity index is 1.94. The molecule has 0 saturated carbocycles. The first kappa shape index (κ1) is 15.6. The number of sulfonamides is 1. The van der Waals surface area contributed by atoms with Gasteiger partial charge in [-0.3, -0.25) is 0 Å². The maximum absolute atomic E-state index is 12.8. The summed E-state index contributed by atoms with van der Waals surface area (Å²) >= 11 is 1.39. The lowest BCUT2D eigenvalue weighted by Crippen LogP contribution is -2.35. The smallest absolute Gasteiger partial charge is 0.244 e. The molecule has 0 atom stereocenters. The zero-order chi connectivity index (χ0) is 15.7. The van der Waals surface area contributed by atoms with Crippen molar-refractivity contribution in [2.45, 2.75) is 44.4 Å². The average molecular weight is 341 g/mol. The molecule has 0 bridgehead atoms. The molecule has 6 nitrogen and oxygen atoms in total. The van der Waals surface area contributed by atoms with E-state index >= 15 is 0 Å². The lowest BCUT2D eigenvalue weighted by Gasteiger charge is -2.25. The second-order valence-electron chi connectivity index (χ2n) is 5.36. The van der Waals surface area contributed by atoms with E-state index in [1.165, 1.54) is 11.3 Å². The van der Waals surface area contributed by atoms with E-state index in [0.717, 1.165) is 29.0 Å². The summed E-state index contributed by atoms with van der Waals surface area (Å²) < 4.78 is 32.3. The minimum Gasteiger partial charge on any atom is -0.339 e. The molecule has 0 aromatic carbocycles. The first-order valence-corrected chi connectivity index (χ1v) is 9.71. The van der Waals surface area contributed by atoms with Crippen LogP contribution in [0.5, 0.6) is 0 Å². The Morgan fingerprint density at radius 1 is 1.32 bits per heavy atom. The molecule has 0 N–H and O–H groups in total. The number of piperidine rings is 1. The minimum atomic E-state index is -3.42. The van der Waals surface area contributed by atoms with E-state index in [1.807, 2.05) is 13.8 Å². The van der Waals surface area contributed by atoms with Gasteiger partial charge in [0, 0.05) is 24.4 Å². The largest absolute Gasteiger partial charge is 0.339 e. The third-order valence-corrected chi connectivity index (χ3v) is 7.00. The first-order valence-electron chi connectivity index (χ1n) is 7.46. The Morgan fingerprint density at radius 2 is 2.05 bits per heavy atom. The van der Waals surface area contributed by atoms with Gasteiger partial charge in [0.1, 0.15) is 0 Å². The van der Waals surface area contributed by atoms with Crippen LogP contribution in [0.3, 0.4) is 0 Å². The molecule has 0 amide bonds. The fraction of sp³-hybridized carbons (Fsp3) is 0.571. The molecule has 3 heterocycles. The first-order chi connectivity index (χ1) is 10.5. The van der Waals surface area contributed by atoms with Crippen LogP contribution in [0.25, 0.3) is 10.7 Å². The monoisotopic (exact) mass is 341 g/mol. The summed E-state index contributed by atoms with van der Waals surface area (Å²) in [7, 11) is -3.42. The molecule has 1 saturated heterocycles. The van der Waals surface area contributed by atoms with Crippen LogP contribution in [0.4, 0.5) is 0 Å². The van der Waals surface area contributed by atoms with Crippen LogP contribution < -0.4 is 0 Å². The van der Waals surface area contributed by atoms with Gasteiger partial charge in [-0.15, -0.1) is 11.3 Å². The second-order valence-corrected chi connectivity index (χ2v) is 8.52. The summed E-state index contributed by atoms with van der Waals surface area (Å²) in [5, 5.41) is 3.92. The molecule has 0 aliphatic carbocycles. The predicted molar refractivity (Wildman–Crippen MR) is 84.3 cm³/mol. The quantitative estimate of drug-likeness (QED) is 0.854. The summed E-state index contributed by atoms with van der Waals surface area (Å²) in [6, 6.07) is 1.67. The van der Waals surface area contributed by atoms with Gasteiger partial charge in [0.25, 0.3) is 0 Å². The van der Waals surface area contributed by atoms with Crippen molar-refractivity contribution in [3.05, 3.63) is 16.8 Å². The molecular formula is C14H19N3O3S2. The van der Waals surface area contributed by atoms with Crippen molar-refractivity contribution >= 4 is 21.4 Å². The van der Waals surface area contributed by atoms with Crippen LogP contribution in [0, 0.1) is 6.92 Å². The summed E-state index contributed by atoms with van der Waals surface area (Å²) in [5.74, 6) is 1.02. The number of hydrogen-bond acceptors (Lipinski definition) is 6. The van der Waals surface area contributed by atoms with Crippen LogP contribution in [-0.2, 0) is 16.4 Å². The standard InChI is InChI=1S/C14H19N3O3S2/c1-3-13-15-14(16-20-13)11-9-12(10(2)21-11)22(18,19)17-7-5-4-6-8-17/h9H,3-8H2,1-2H3.